The molecular weight excluding hydrogens is 96.0 g/mol. The fraction of sp³-hybridized carbons (Fsp3) is 0.750. The molecule has 3 nitrogen and oxygen atoms in total. The zero-order valence-electron chi connectivity index (χ0n) is 4.33. The molecule has 3 heteroatoms. The van der Waals surface area contributed by atoms with Crippen LogP contribution in [0.1, 0.15) is 0 Å². The van der Waals surface area contributed by atoms with Crippen molar-refractivity contribution in [2.75, 3.05) is 13.2 Å². The van der Waals surface area contributed by atoms with E-state index in [0.717, 1.165) is 0 Å². The Morgan fingerprint density at radius 1 is 1.14 bits per heavy atom. The number of hydrogen-bond acceptors (Lipinski definition) is 3. The summed E-state index contributed by atoms with van der Waals surface area (Å²) >= 11 is 0. The van der Waals surface area contributed by atoms with E-state index in [9.17, 15) is 0 Å². The van der Waals surface area contributed by atoms with E-state index in [1.165, 1.54) is 0 Å². The fourth-order valence-corrected chi connectivity index (χ4v) is 0.0577. The molecule has 0 heterocycles. The molecule has 0 spiro atoms. The molecule has 0 aromatic heterocycles. The first-order chi connectivity index (χ1) is 2.81. The molecule has 0 aliphatic carbocycles. The number of rotatable bonds is 2. The van der Waals surface area contributed by atoms with E-state index in [-0.39, 0.29) is 20.6 Å². The highest BCUT2D eigenvalue weighted by molar-refractivity contribution is 4.43. The molecule has 3 N–H and O–H groups in total. The van der Waals surface area contributed by atoms with Gasteiger partial charge in [-0.3, -0.25) is 0 Å². The summed E-state index contributed by atoms with van der Waals surface area (Å²) in [5, 5.41) is 24.0. The third-order valence-electron chi connectivity index (χ3n) is 0.421. The summed E-state index contributed by atoms with van der Waals surface area (Å²) in [5.41, 5.74) is 0. The smallest absolute Gasteiger partial charge is 0.100 e. The van der Waals surface area contributed by atoms with Crippen LogP contribution in [0.4, 0.5) is 0 Å². The van der Waals surface area contributed by atoms with Gasteiger partial charge in [0.1, 0.15) is 6.10 Å². The minimum absolute atomic E-state index is 0. The molecule has 0 aromatic carbocycles. The van der Waals surface area contributed by atoms with E-state index in [4.69, 9.17) is 15.3 Å². The van der Waals surface area contributed by atoms with Crippen LogP contribution in [0.5, 0.6) is 0 Å². The minimum Gasteiger partial charge on any atom is -0.394 e. The van der Waals surface area contributed by atoms with Crippen molar-refractivity contribution in [1.82, 2.24) is 0 Å². The molecule has 0 atom stereocenters. The predicted octanol–water partition coefficient (Wildman–Crippen LogP) is -1.22. The van der Waals surface area contributed by atoms with Gasteiger partial charge in [0.2, 0.25) is 0 Å². The second-order valence-corrected chi connectivity index (χ2v) is 1.02. The van der Waals surface area contributed by atoms with Gasteiger partial charge in [-0.25, -0.2) is 0 Å². The zero-order chi connectivity index (χ0) is 4.99. The number of aliphatic hydroxyl groups excluding tert-OH is 3. The van der Waals surface area contributed by atoms with Gasteiger partial charge in [-0.15, -0.1) is 0 Å². The van der Waals surface area contributed by atoms with E-state index in [1.807, 2.05) is 0 Å². The Balaban J connectivity index is 0. The Hall–Kier alpha value is -0.120. The van der Waals surface area contributed by atoms with Crippen LogP contribution in [0.2, 0.25) is 0 Å². The van der Waals surface area contributed by atoms with Crippen molar-refractivity contribution in [3.8, 4) is 0 Å². The normalized spacial score (nSPS) is 8.57. The van der Waals surface area contributed by atoms with Gasteiger partial charge in [0, 0.05) is 0 Å². The second kappa shape index (κ2) is 5.88. The lowest BCUT2D eigenvalue weighted by molar-refractivity contribution is 0.0450. The molecule has 45 valence electrons. The molecule has 0 fully saturated rings. The Labute approximate surface area is 43.2 Å². The summed E-state index contributed by atoms with van der Waals surface area (Å²) in [7, 11) is 0. The van der Waals surface area contributed by atoms with Crippen molar-refractivity contribution in [3.63, 3.8) is 0 Å². The number of aliphatic hydroxyl groups is 3. The van der Waals surface area contributed by atoms with Gasteiger partial charge >= 0.3 is 0 Å². The minimum atomic E-state index is -0.954. The van der Waals surface area contributed by atoms with Gasteiger partial charge < -0.3 is 15.3 Å². The maximum Gasteiger partial charge on any atom is 0.100 e. The summed E-state index contributed by atoms with van der Waals surface area (Å²) in [4.78, 5) is 0. The first-order valence-corrected chi connectivity index (χ1v) is 1.71. The Morgan fingerprint density at radius 3 is 1.43 bits per heavy atom. The highest BCUT2D eigenvalue weighted by Crippen LogP contribution is 1.71. The molecule has 0 rings (SSSR count). The van der Waals surface area contributed by atoms with Crippen molar-refractivity contribution in [2.24, 2.45) is 0 Å². The third kappa shape index (κ3) is 5.88. The molecule has 1 radical (unpaired) electrons. The van der Waals surface area contributed by atoms with Crippen LogP contribution in [0.25, 0.3) is 0 Å². The summed E-state index contributed by atoms with van der Waals surface area (Å²) in [5.74, 6) is 0. The van der Waals surface area contributed by atoms with E-state index >= 15 is 0 Å². The van der Waals surface area contributed by atoms with E-state index < -0.39 is 6.10 Å². The van der Waals surface area contributed by atoms with Crippen molar-refractivity contribution in [3.05, 3.63) is 7.43 Å². The van der Waals surface area contributed by atoms with E-state index in [1.54, 1.807) is 0 Å². The average Bonchev–Trinajstić information content (AvgIpc) is 1.65. The van der Waals surface area contributed by atoms with Gasteiger partial charge in [-0.05, 0) is 0 Å². The topological polar surface area (TPSA) is 60.7 Å². The largest absolute Gasteiger partial charge is 0.394 e. The van der Waals surface area contributed by atoms with Crippen molar-refractivity contribution in [1.29, 1.82) is 0 Å². The molecule has 0 bridgehead atoms. The highest BCUT2D eigenvalue weighted by atomic mass is 16.3. The highest BCUT2D eigenvalue weighted by Gasteiger charge is 1.93. The van der Waals surface area contributed by atoms with Gasteiger partial charge in [0.05, 0.1) is 13.2 Å². The van der Waals surface area contributed by atoms with E-state index in [2.05, 4.69) is 0 Å². The van der Waals surface area contributed by atoms with Crippen LogP contribution in [0.15, 0.2) is 0 Å². The van der Waals surface area contributed by atoms with Crippen molar-refractivity contribution >= 4 is 0 Å². The summed E-state index contributed by atoms with van der Waals surface area (Å²) in [6, 6.07) is 0. The molecular formula is C4H11O3. The number of hydrogen-bond donors (Lipinski definition) is 3. The van der Waals surface area contributed by atoms with Crippen LogP contribution in [0.3, 0.4) is 0 Å². The monoisotopic (exact) mass is 107 g/mol. The van der Waals surface area contributed by atoms with Crippen molar-refractivity contribution < 1.29 is 15.3 Å². The summed E-state index contributed by atoms with van der Waals surface area (Å²) in [6.07, 6.45) is -0.954. The molecule has 0 aliphatic rings. The molecule has 0 aliphatic heterocycles. The van der Waals surface area contributed by atoms with Crippen LogP contribution < -0.4 is 0 Å². The van der Waals surface area contributed by atoms with Crippen LogP contribution in [-0.2, 0) is 0 Å². The molecule has 0 saturated heterocycles. The van der Waals surface area contributed by atoms with Gasteiger partial charge in [0.15, 0.2) is 0 Å². The maximum absolute atomic E-state index is 8.17. The van der Waals surface area contributed by atoms with Gasteiger partial charge in [-0.1, -0.05) is 7.43 Å². The Morgan fingerprint density at radius 2 is 1.43 bits per heavy atom. The standard InChI is InChI=1S/C3H8O3.CH3/c4-1-3(6)2-5;/h3-6H,1-2H2;1H3. The fourth-order valence-electron chi connectivity index (χ4n) is 0.0577. The van der Waals surface area contributed by atoms with Gasteiger partial charge in [-0.2, -0.15) is 0 Å². The van der Waals surface area contributed by atoms with Crippen molar-refractivity contribution in [2.45, 2.75) is 6.10 Å². The Bertz CT molecular complexity index is 26.1. The molecule has 0 unspecified atom stereocenters. The summed E-state index contributed by atoms with van der Waals surface area (Å²) in [6.45, 7) is -0.729. The van der Waals surface area contributed by atoms with Gasteiger partial charge in [0.25, 0.3) is 0 Å². The zero-order valence-corrected chi connectivity index (χ0v) is 4.33. The molecule has 0 saturated carbocycles. The lowest BCUT2D eigenvalue weighted by Crippen LogP contribution is -2.15. The van der Waals surface area contributed by atoms with E-state index in [0.29, 0.717) is 0 Å². The Kier molecular flexibility index (Phi) is 8.39. The predicted molar refractivity (Wildman–Crippen MR) is 26.6 cm³/mol. The molecule has 0 amide bonds. The first-order valence-electron chi connectivity index (χ1n) is 1.71. The first kappa shape index (κ1) is 9.99. The average molecular weight is 107 g/mol. The SMILES string of the molecule is OCC(O)CO.[CH3]. The quantitative estimate of drug-likeness (QED) is 0.414. The lowest BCUT2D eigenvalue weighted by atomic mass is 10.4. The summed E-state index contributed by atoms with van der Waals surface area (Å²) < 4.78 is 0. The maximum atomic E-state index is 8.17. The second-order valence-electron chi connectivity index (χ2n) is 1.02. The van der Waals surface area contributed by atoms with Crippen LogP contribution in [-0.4, -0.2) is 34.6 Å². The molecule has 7 heavy (non-hydrogen) atoms. The van der Waals surface area contributed by atoms with Crippen LogP contribution in [0, 0.1) is 7.43 Å². The lowest BCUT2D eigenvalue weighted by Gasteiger charge is -1.96. The third-order valence-corrected chi connectivity index (χ3v) is 0.421. The molecule has 0 aromatic rings. The van der Waals surface area contributed by atoms with Crippen LogP contribution >= 0.6 is 0 Å².